The van der Waals surface area contributed by atoms with Gasteiger partial charge < -0.3 is 10.2 Å². The summed E-state index contributed by atoms with van der Waals surface area (Å²) in [4.78, 5) is 20.7. The first-order valence-electron chi connectivity index (χ1n) is 5.88. The molecule has 19 heavy (non-hydrogen) atoms. The quantitative estimate of drug-likeness (QED) is 0.643. The summed E-state index contributed by atoms with van der Waals surface area (Å²) in [6.45, 7) is 1.56. The average Bonchev–Trinajstić information content (AvgIpc) is 2.43. The number of benzene rings is 1. The van der Waals surface area contributed by atoms with Gasteiger partial charge in [0.2, 0.25) is 0 Å². The maximum Gasteiger partial charge on any atom is 0.270 e. The number of non-ortho nitro benzene ring substituents is 1. The first-order valence-corrected chi connectivity index (χ1v) is 5.88. The lowest BCUT2D eigenvalue weighted by atomic mass is 10.2. The van der Waals surface area contributed by atoms with Crippen LogP contribution in [-0.2, 0) is 0 Å². The smallest absolute Gasteiger partial charge is 0.270 e. The highest BCUT2D eigenvalue weighted by atomic mass is 16.6. The number of rotatable bonds is 5. The highest BCUT2D eigenvalue weighted by molar-refractivity contribution is 5.90. The number of nitrogens with one attached hydrogen (secondary N) is 1. The molecule has 7 heteroatoms. The molecule has 0 aliphatic rings. The van der Waals surface area contributed by atoms with Crippen LogP contribution >= 0.6 is 0 Å². The van der Waals surface area contributed by atoms with E-state index in [9.17, 15) is 10.1 Å². The molecule has 0 saturated heterocycles. The van der Waals surface area contributed by atoms with Crippen LogP contribution < -0.4 is 10.2 Å². The summed E-state index contributed by atoms with van der Waals surface area (Å²) < 4.78 is 0. The highest BCUT2D eigenvalue weighted by Crippen LogP contribution is 2.25. The Balaban J connectivity index is 2.47. The Morgan fingerprint density at radius 2 is 2.21 bits per heavy atom. The molecule has 0 bridgehead atoms. The zero-order chi connectivity index (χ0) is 13.8. The molecule has 2 rings (SSSR count). The number of hydrogen-bond donors (Lipinski definition) is 1. The third kappa shape index (κ3) is 2.76. The first-order chi connectivity index (χ1) is 9.13. The molecular weight excluding hydrogens is 246 g/mol. The lowest BCUT2D eigenvalue weighted by Crippen LogP contribution is -2.27. The Labute approximate surface area is 110 Å². The van der Waals surface area contributed by atoms with Gasteiger partial charge in [0.1, 0.15) is 12.1 Å². The van der Waals surface area contributed by atoms with E-state index in [1.165, 1.54) is 18.5 Å². The van der Waals surface area contributed by atoms with E-state index < -0.39 is 4.92 Å². The van der Waals surface area contributed by atoms with E-state index in [4.69, 9.17) is 0 Å². The third-order valence-corrected chi connectivity index (χ3v) is 2.87. The monoisotopic (exact) mass is 261 g/mol. The van der Waals surface area contributed by atoms with Crippen LogP contribution in [0.2, 0.25) is 0 Å². The molecule has 0 amide bonds. The van der Waals surface area contributed by atoms with Gasteiger partial charge in [-0.15, -0.1) is 0 Å². The van der Waals surface area contributed by atoms with Crippen LogP contribution in [0.1, 0.15) is 0 Å². The van der Waals surface area contributed by atoms with Crippen LogP contribution in [0, 0.1) is 10.1 Å². The minimum Gasteiger partial charge on any atom is -0.358 e. The fourth-order valence-corrected chi connectivity index (χ4v) is 1.83. The molecule has 0 atom stereocenters. The summed E-state index contributed by atoms with van der Waals surface area (Å²) in [6.07, 6.45) is 1.47. The molecule has 1 N–H and O–H groups in total. The fourth-order valence-electron chi connectivity index (χ4n) is 1.83. The lowest BCUT2D eigenvalue weighted by molar-refractivity contribution is -0.384. The third-order valence-electron chi connectivity index (χ3n) is 2.87. The topological polar surface area (TPSA) is 84.2 Å². The number of anilines is 1. The van der Waals surface area contributed by atoms with Crippen molar-refractivity contribution in [1.82, 2.24) is 15.3 Å². The molecule has 0 fully saturated rings. The van der Waals surface area contributed by atoms with Gasteiger partial charge in [0.25, 0.3) is 5.69 Å². The number of nitro groups is 1. The molecule has 2 aromatic rings. The van der Waals surface area contributed by atoms with Gasteiger partial charge in [0.15, 0.2) is 0 Å². The molecule has 100 valence electrons. The van der Waals surface area contributed by atoms with Gasteiger partial charge in [0, 0.05) is 37.7 Å². The van der Waals surface area contributed by atoms with E-state index >= 15 is 0 Å². The molecule has 0 aliphatic carbocycles. The minimum absolute atomic E-state index is 0.0468. The number of aromatic nitrogens is 2. The Kier molecular flexibility index (Phi) is 3.86. The van der Waals surface area contributed by atoms with Crippen LogP contribution in [0.4, 0.5) is 11.5 Å². The standard InChI is InChI=1S/C12H15N5O2/c1-13-5-6-16(2)12-10-7-9(17(18)19)3-4-11(10)14-8-15-12/h3-4,7-8,13H,5-6H2,1-2H3. The van der Waals surface area contributed by atoms with Crippen LogP contribution in [0.5, 0.6) is 0 Å². The number of nitro benzene ring substituents is 1. The van der Waals surface area contributed by atoms with E-state index in [1.807, 2.05) is 19.0 Å². The summed E-state index contributed by atoms with van der Waals surface area (Å²) in [7, 11) is 3.77. The van der Waals surface area contributed by atoms with Gasteiger partial charge in [0.05, 0.1) is 10.4 Å². The van der Waals surface area contributed by atoms with Gasteiger partial charge in [-0.05, 0) is 13.1 Å². The summed E-state index contributed by atoms with van der Waals surface area (Å²) in [5.41, 5.74) is 0.748. The lowest BCUT2D eigenvalue weighted by Gasteiger charge is -2.19. The molecule has 0 radical (unpaired) electrons. The van der Waals surface area contributed by atoms with Gasteiger partial charge in [-0.3, -0.25) is 10.1 Å². The predicted octanol–water partition coefficient (Wildman–Crippen LogP) is 1.19. The van der Waals surface area contributed by atoms with Crippen molar-refractivity contribution in [2.24, 2.45) is 0 Å². The molecule has 1 aromatic heterocycles. The second-order valence-corrected chi connectivity index (χ2v) is 4.18. The Morgan fingerprint density at radius 1 is 1.42 bits per heavy atom. The van der Waals surface area contributed by atoms with Crippen molar-refractivity contribution in [1.29, 1.82) is 0 Å². The van der Waals surface area contributed by atoms with Gasteiger partial charge in [-0.1, -0.05) is 0 Å². The minimum atomic E-state index is -0.413. The molecule has 0 saturated carbocycles. The van der Waals surface area contributed by atoms with Crippen molar-refractivity contribution < 1.29 is 4.92 Å². The molecule has 0 spiro atoms. The summed E-state index contributed by atoms with van der Waals surface area (Å²) in [6, 6.07) is 4.61. The van der Waals surface area contributed by atoms with E-state index in [-0.39, 0.29) is 5.69 Å². The zero-order valence-electron chi connectivity index (χ0n) is 10.8. The van der Waals surface area contributed by atoms with E-state index in [0.717, 1.165) is 13.1 Å². The van der Waals surface area contributed by atoms with E-state index in [2.05, 4.69) is 15.3 Å². The summed E-state index contributed by atoms with van der Waals surface area (Å²) >= 11 is 0. The summed E-state index contributed by atoms with van der Waals surface area (Å²) in [5, 5.41) is 14.6. The van der Waals surface area contributed by atoms with Gasteiger partial charge in [-0.2, -0.15) is 0 Å². The summed E-state index contributed by atoms with van der Waals surface area (Å²) in [5.74, 6) is 0.698. The molecule has 1 heterocycles. The largest absolute Gasteiger partial charge is 0.358 e. The molecule has 0 aliphatic heterocycles. The Hall–Kier alpha value is -2.28. The molecule has 0 unspecified atom stereocenters. The van der Waals surface area contributed by atoms with Crippen molar-refractivity contribution in [3.8, 4) is 0 Å². The first kappa shape index (κ1) is 13.2. The zero-order valence-corrected chi connectivity index (χ0v) is 10.8. The Bertz CT molecular complexity index is 602. The normalized spacial score (nSPS) is 10.6. The molecule has 1 aromatic carbocycles. The predicted molar refractivity (Wildman–Crippen MR) is 73.4 cm³/mol. The van der Waals surface area contributed by atoms with Crippen LogP contribution in [0.25, 0.3) is 10.9 Å². The van der Waals surface area contributed by atoms with E-state index in [0.29, 0.717) is 16.7 Å². The molecule has 7 nitrogen and oxygen atoms in total. The van der Waals surface area contributed by atoms with Crippen molar-refractivity contribution in [3.05, 3.63) is 34.6 Å². The van der Waals surface area contributed by atoms with Gasteiger partial charge in [-0.25, -0.2) is 9.97 Å². The SMILES string of the molecule is CNCCN(C)c1ncnc2ccc([N+](=O)[O-])cc12. The Morgan fingerprint density at radius 3 is 2.89 bits per heavy atom. The number of likely N-dealkylation sites (N-methyl/N-ethyl adjacent to an activating group) is 2. The second kappa shape index (κ2) is 5.57. The maximum atomic E-state index is 10.8. The molecular formula is C12H15N5O2. The average molecular weight is 261 g/mol. The second-order valence-electron chi connectivity index (χ2n) is 4.18. The van der Waals surface area contributed by atoms with Crippen LogP contribution in [0.15, 0.2) is 24.5 Å². The maximum absolute atomic E-state index is 10.8. The number of fused-ring (bicyclic) bond motifs is 1. The van der Waals surface area contributed by atoms with Gasteiger partial charge >= 0.3 is 0 Å². The number of nitrogens with zero attached hydrogens (tertiary/aromatic N) is 4. The van der Waals surface area contributed by atoms with Crippen LogP contribution in [0.3, 0.4) is 0 Å². The van der Waals surface area contributed by atoms with E-state index in [1.54, 1.807) is 6.07 Å². The number of hydrogen-bond acceptors (Lipinski definition) is 6. The van der Waals surface area contributed by atoms with Crippen molar-refractivity contribution in [3.63, 3.8) is 0 Å². The fraction of sp³-hybridized carbons (Fsp3) is 0.333. The van der Waals surface area contributed by atoms with Crippen molar-refractivity contribution in [2.45, 2.75) is 0 Å². The van der Waals surface area contributed by atoms with Crippen LogP contribution in [-0.4, -0.2) is 42.1 Å². The van der Waals surface area contributed by atoms with Crippen molar-refractivity contribution in [2.75, 3.05) is 32.1 Å². The highest BCUT2D eigenvalue weighted by Gasteiger charge is 2.12. The van der Waals surface area contributed by atoms with Crippen molar-refractivity contribution >= 4 is 22.4 Å².